The molecule has 0 aromatic heterocycles. The summed E-state index contributed by atoms with van der Waals surface area (Å²) < 4.78 is 0. The summed E-state index contributed by atoms with van der Waals surface area (Å²) in [5, 5.41) is 43.8. The van der Waals surface area contributed by atoms with Gasteiger partial charge >= 0.3 is 11.9 Å². The molecule has 1 rings (SSSR count). The van der Waals surface area contributed by atoms with Crippen molar-refractivity contribution in [1.29, 1.82) is 0 Å². The Morgan fingerprint density at radius 2 is 1.20 bits per heavy atom. The van der Waals surface area contributed by atoms with E-state index in [2.05, 4.69) is 16.0 Å². The van der Waals surface area contributed by atoms with Crippen molar-refractivity contribution in [2.24, 2.45) is 10.8 Å². The SMILES string of the molecule is C[C@]1(CO)CN(C(=O)CCCCCCCCC(=O)N[C@H](CCC(=O)NCC(=O)O)C(=O)NCC(=O)O)C[C@@]1(C)CO. The molecule has 1 heterocycles. The van der Waals surface area contributed by atoms with Gasteiger partial charge in [-0.2, -0.15) is 0 Å². The number of aliphatic hydroxyl groups excluding tert-OH is 2. The van der Waals surface area contributed by atoms with Crippen molar-refractivity contribution in [3.8, 4) is 0 Å². The van der Waals surface area contributed by atoms with Gasteiger partial charge in [-0.25, -0.2) is 0 Å². The number of nitrogens with zero attached hydrogens (tertiary/aromatic N) is 1. The molecule has 0 aromatic carbocycles. The zero-order valence-electron chi connectivity index (χ0n) is 24.1. The predicted molar refractivity (Wildman–Crippen MR) is 146 cm³/mol. The molecule has 0 aromatic rings. The zero-order chi connectivity index (χ0) is 31.1. The van der Waals surface area contributed by atoms with Gasteiger partial charge in [0.1, 0.15) is 19.1 Å². The monoisotopic (exact) mass is 586 g/mol. The summed E-state index contributed by atoms with van der Waals surface area (Å²) in [6.45, 7) is 3.17. The lowest BCUT2D eigenvalue weighted by atomic mass is 9.69. The quantitative estimate of drug-likeness (QED) is 0.0915. The van der Waals surface area contributed by atoms with Gasteiger partial charge in [-0.05, 0) is 19.3 Å². The summed E-state index contributed by atoms with van der Waals surface area (Å²) in [5.41, 5.74) is -1.08. The topological polar surface area (TPSA) is 223 Å². The average molecular weight is 587 g/mol. The van der Waals surface area contributed by atoms with Crippen LogP contribution < -0.4 is 16.0 Å². The van der Waals surface area contributed by atoms with Crippen LogP contribution in [0.25, 0.3) is 0 Å². The fourth-order valence-corrected chi connectivity index (χ4v) is 4.72. The number of likely N-dealkylation sites (tertiary alicyclic amines) is 1. The van der Waals surface area contributed by atoms with E-state index in [1.54, 1.807) is 4.90 Å². The van der Waals surface area contributed by atoms with Gasteiger partial charge in [-0.15, -0.1) is 0 Å². The number of aliphatic carboxylic acids is 2. The Hall–Kier alpha value is -3.26. The number of nitrogens with one attached hydrogen (secondary N) is 3. The minimum Gasteiger partial charge on any atom is -0.480 e. The first-order chi connectivity index (χ1) is 19.3. The summed E-state index contributed by atoms with van der Waals surface area (Å²) in [7, 11) is 0. The van der Waals surface area contributed by atoms with Crippen molar-refractivity contribution in [2.75, 3.05) is 39.4 Å². The van der Waals surface area contributed by atoms with Gasteiger partial charge in [0.2, 0.25) is 23.6 Å². The first-order valence-electron chi connectivity index (χ1n) is 14.0. The molecule has 0 spiro atoms. The Morgan fingerprint density at radius 1 is 0.707 bits per heavy atom. The highest BCUT2D eigenvalue weighted by Crippen LogP contribution is 2.45. The molecule has 14 nitrogen and oxygen atoms in total. The Morgan fingerprint density at radius 3 is 1.71 bits per heavy atom. The van der Waals surface area contributed by atoms with Crippen molar-refractivity contribution in [3.63, 3.8) is 0 Å². The van der Waals surface area contributed by atoms with Crippen LogP contribution in [0.4, 0.5) is 0 Å². The van der Waals surface area contributed by atoms with Crippen LogP contribution in [-0.4, -0.2) is 106 Å². The maximum absolute atomic E-state index is 12.6. The van der Waals surface area contributed by atoms with Gasteiger partial charge < -0.3 is 41.3 Å². The van der Waals surface area contributed by atoms with Gasteiger partial charge in [0.25, 0.3) is 0 Å². The molecule has 41 heavy (non-hydrogen) atoms. The second-order valence-electron chi connectivity index (χ2n) is 11.2. The number of hydrogen-bond donors (Lipinski definition) is 7. The van der Waals surface area contributed by atoms with Gasteiger partial charge in [-0.1, -0.05) is 39.5 Å². The van der Waals surface area contributed by atoms with Crippen LogP contribution in [-0.2, 0) is 28.8 Å². The van der Waals surface area contributed by atoms with Crippen molar-refractivity contribution in [2.45, 2.75) is 84.1 Å². The Bertz CT molecular complexity index is 912. The van der Waals surface area contributed by atoms with Crippen LogP contribution in [0.2, 0.25) is 0 Å². The summed E-state index contributed by atoms with van der Waals surface area (Å²) in [6, 6.07) is -1.14. The largest absolute Gasteiger partial charge is 0.480 e. The minimum atomic E-state index is -1.27. The van der Waals surface area contributed by atoms with Crippen molar-refractivity contribution in [1.82, 2.24) is 20.9 Å². The van der Waals surface area contributed by atoms with Crippen LogP contribution in [0, 0.1) is 10.8 Å². The molecule has 0 bridgehead atoms. The van der Waals surface area contributed by atoms with E-state index in [1.165, 1.54) is 0 Å². The predicted octanol–water partition coefficient (Wildman–Crippen LogP) is -0.387. The number of aliphatic hydroxyl groups is 2. The lowest BCUT2D eigenvalue weighted by Crippen LogP contribution is -2.48. The first kappa shape index (κ1) is 35.8. The number of rotatable bonds is 20. The number of carboxylic acid groups (broad SMARTS) is 2. The molecule has 1 aliphatic rings. The minimum absolute atomic E-state index is 0.0137. The smallest absolute Gasteiger partial charge is 0.322 e. The van der Waals surface area contributed by atoms with E-state index in [9.17, 15) is 39.0 Å². The number of carbonyl (C=O) groups is 6. The van der Waals surface area contributed by atoms with E-state index in [4.69, 9.17) is 10.2 Å². The van der Waals surface area contributed by atoms with Crippen molar-refractivity contribution < 1.29 is 49.2 Å². The van der Waals surface area contributed by atoms with Gasteiger partial charge in [0.15, 0.2) is 0 Å². The van der Waals surface area contributed by atoms with Gasteiger partial charge in [0.05, 0.1) is 13.2 Å². The molecule has 0 radical (unpaired) electrons. The number of carboxylic acids is 2. The Kier molecular flexibility index (Phi) is 15.3. The van der Waals surface area contributed by atoms with Crippen molar-refractivity contribution >= 4 is 35.6 Å². The summed E-state index contributed by atoms with van der Waals surface area (Å²) >= 11 is 0. The van der Waals surface area contributed by atoms with E-state index >= 15 is 0 Å². The lowest BCUT2D eigenvalue weighted by Gasteiger charge is -2.36. The Labute approximate surface area is 240 Å². The van der Waals surface area contributed by atoms with E-state index in [1.807, 2.05) is 13.8 Å². The van der Waals surface area contributed by atoms with E-state index in [0.717, 1.165) is 25.7 Å². The van der Waals surface area contributed by atoms with E-state index < -0.39 is 59.6 Å². The van der Waals surface area contributed by atoms with E-state index in [-0.39, 0.29) is 38.4 Å². The molecular formula is C27H46N4O10. The highest BCUT2D eigenvalue weighted by atomic mass is 16.4. The number of unbranched alkanes of at least 4 members (excludes halogenated alkanes) is 5. The number of hydrogen-bond acceptors (Lipinski definition) is 8. The number of amides is 4. The summed E-state index contributed by atoms with van der Waals surface area (Å²) in [4.78, 5) is 72.1. The van der Waals surface area contributed by atoms with Crippen LogP contribution in [0.3, 0.4) is 0 Å². The molecule has 0 aliphatic carbocycles. The maximum Gasteiger partial charge on any atom is 0.322 e. The molecule has 0 unspecified atom stereocenters. The van der Waals surface area contributed by atoms with Crippen LogP contribution in [0.5, 0.6) is 0 Å². The molecule has 234 valence electrons. The highest BCUT2D eigenvalue weighted by molar-refractivity contribution is 5.90. The van der Waals surface area contributed by atoms with Crippen LogP contribution in [0.15, 0.2) is 0 Å². The molecule has 1 aliphatic heterocycles. The zero-order valence-corrected chi connectivity index (χ0v) is 24.1. The Balaban J connectivity index is 2.33. The van der Waals surface area contributed by atoms with Crippen LogP contribution in [0.1, 0.15) is 78.1 Å². The summed E-state index contributed by atoms with van der Waals surface area (Å²) in [5.74, 6) is -4.27. The molecule has 14 heteroatoms. The molecular weight excluding hydrogens is 540 g/mol. The molecule has 3 atom stereocenters. The lowest BCUT2D eigenvalue weighted by molar-refractivity contribution is -0.138. The molecule has 1 saturated heterocycles. The fourth-order valence-electron chi connectivity index (χ4n) is 4.72. The first-order valence-corrected chi connectivity index (χ1v) is 14.0. The van der Waals surface area contributed by atoms with Crippen LogP contribution >= 0.6 is 0 Å². The molecule has 1 fully saturated rings. The maximum atomic E-state index is 12.6. The molecule has 4 amide bonds. The molecule has 0 saturated carbocycles. The summed E-state index contributed by atoms with van der Waals surface area (Å²) in [6.07, 6.45) is 4.76. The van der Waals surface area contributed by atoms with Gasteiger partial charge in [-0.3, -0.25) is 28.8 Å². The van der Waals surface area contributed by atoms with Gasteiger partial charge in [0, 0.05) is 43.2 Å². The number of carbonyl (C=O) groups excluding carboxylic acids is 4. The van der Waals surface area contributed by atoms with E-state index in [0.29, 0.717) is 32.4 Å². The highest BCUT2D eigenvalue weighted by Gasteiger charge is 2.52. The molecule has 7 N–H and O–H groups in total. The third-order valence-electron chi connectivity index (χ3n) is 7.79. The fraction of sp³-hybridized carbons (Fsp3) is 0.778. The second-order valence-corrected chi connectivity index (χ2v) is 11.2. The average Bonchev–Trinajstić information content (AvgIpc) is 3.20. The second kappa shape index (κ2) is 17.5. The third-order valence-corrected chi connectivity index (χ3v) is 7.79. The van der Waals surface area contributed by atoms with Crippen molar-refractivity contribution in [3.05, 3.63) is 0 Å². The standard InChI is InChI=1S/C27H46N4O10/c1-26(17-32)15-31(16-27(26,2)18-33)22(36)10-8-6-4-3-5-7-9-21(35)30-19(25(41)29-14-24(39)40)11-12-20(34)28-13-23(37)38/h19,32-33H,3-18H2,1-2H3,(H,28,34)(H,29,41)(H,30,35)(H,37,38)(H,39,40)/t19-,26-,27+/m1/s1. The normalized spacial score (nSPS) is 20.7. The third kappa shape index (κ3) is 12.4.